The third-order valence-corrected chi connectivity index (χ3v) is 7.29. The average molecular weight is 647 g/mol. The molecule has 238 valence electrons. The van der Waals surface area contributed by atoms with Crippen molar-refractivity contribution in [1.29, 1.82) is 0 Å². The number of pyridine rings is 1. The van der Waals surface area contributed by atoms with Crippen LogP contribution in [0, 0.1) is 12.8 Å². The number of carbonyl (C=O) groups excluding carboxylic acids is 2. The van der Waals surface area contributed by atoms with Crippen molar-refractivity contribution in [3.8, 4) is 11.6 Å². The number of nitrogens with one attached hydrogen (secondary N) is 2. The molecule has 14 heteroatoms. The van der Waals surface area contributed by atoms with Crippen LogP contribution in [0.1, 0.15) is 57.7 Å². The molecule has 0 spiro atoms. The summed E-state index contributed by atoms with van der Waals surface area (Å²) < 4.78 is 33.6. The van der Waals surface area contributed by atoms with Gasteiger partial charge in [0, 0.05) is 43.3 Å². The Bertz CT molecular complexity index is 1580. The Morgan fingerprint density at radius 1 is 1.05 bits per heavy atom. The lowest BCUT2D eigenvalue weighted by atomic mass is 9.92. The van der Waals surface area contributed by atoms with Crippen molar-refractivity contribution >= 4 is 45.2 Å². The summed E-state index contributed by atoms with van der Waals surface area (Å²) in [6.07, 6.45) is 5.69. The number of ether oxygens (including phenoxy) is 1. The molecule has 1 aliphatic carbocycles. The Kier molecular flexibility index (Phi) is 10.2. The maximum Gasteiger partial charge on any atom is 0.324 e. The number of halogens is 1. The van der Waals surface area contributed by atoms with Gasteiger partial charge in [0.25, 0.3) is 10.1 Å². The van der Waals surface area contributed by atoms with E-state index in [4.69, 9.17) is 26.0 Å². The summed E-state index contributed by atoms with van der Waals surface area (Å²) in [7, 11) is -3.67. The lowest BCUT2D eigenvalue weighted by Crippen LogP contribution is -2.42. The Morgan fingerprint density at radius 3 is 2.20 bits per heavy atom. The zero-order valence-electron chi connectivity index (χ0n) is 25.5. The number of piperidine rings is 1. The number of aryl methyl sites for hydroxylation is 1. The highest BCUT2D eigenvalue weighted by molar-refractivity contribution is 7.85. The molecule has 3 N–H and O–H groups in total. The molecule has 5 rings (SSSR count). The average Bonchev–Trinajstić information content (AvgIpc) is 3.69. The number of hydrogen-bond acceptors (Lipinski definition) is 7. The predicted molar refractivity (Wildman–Crippen MR) is 169 cm³/mol. The molecule has 1 aromatic carbocycles. The number of rotatable bonds is 6. The van der Waals surface area contributed by atoms with Crippen LogP contribution in [0.25, 0.3) is 5.69 Å². The second-order valence-electron chi connectivity index (χ2n) is 12.2. The summed E-state index contributed by atoms with van der Waals surface area (Å²) in [5, 5.41) is 10.8. The van der Waals surface area contributed by atoms with Gasteiger partial charge in [-0.05, 0) is 38.0 Å². The first-order valence-corrected chi connectivity index (χ1v) is 16.6. The molecule has 12 nitrogen and oxygen atoms in total. The van der Waals surface area contributed by atoms with Gasteiger partial charge in [-0.2, -0.15) is 13.5 Å². The van der Waals surface area contributed by atoms with Crippen LogP contribution < -0.4 is 15.4 Å². The first-order chi connectivity index (χ1) is 20.6. The highest BCUT2D eigenvalue weighted by Crippen LogP contribution is 2.33. The number of hydrogen-bond donors (Lipinski definition) is 3. The van der Waals surface area contributed by atoms with Crippen molar-refractivity contribution in [2.24, 2.45) is 5.92 Å². The fourth-order valence-corrected chi connectivity index (χ4v) is 4.73. The third-order valence-electron chi connectivity index (χ3n) is 7.02. The van der Waals surface area contributed by atoms with Crippen molar-refractivity contribution in [2.75, 3.05) is 30.0 Å². The van der Waals surface area contributed by atoms with Crippen LogP contribution in [0.4, 0.5) is 16.3 Å². The Morgan fingerprint density at radius 2 is 1.66 bits per heavy atom. The van der Waals surface area contributed by atoms with Gasteiger partial charge in [-0.25, -0.2) is 14.5 Å². The normalized spacial score (nSPS) is 15.7. The van der Waals surface area contributed by atoms with E-state index in [9.17, 15) is 18.0 Å². The largest absolute Gasteiger partial charge is 0.473 e. The molecule has 1 saturated carbocycles. The fourth-order valence-electron chi connectivity index (χ4n) is 4.52. The summed E-state index contributed by atoms with van der Waals surface area (Å²) in [6.45, 7) is 9.63. The minimum Gasteiger partial charge on any atom is -0.473 e. The number of anilines is 2. The molecule has 2 aliphatic rings. The Hall–Kier alpha value is -3.68. The highest BCUT2D eigenvalue weighted by Gasteiger charge is 2.35. The number of carbonyl (C=O) groups is 2. The predicted octanol–water partition coefficient (Wildman–Crippen LogP) is 5.45. The summed E-state index contributed by atoms with van der Waals surface area (Å²) in [6, 6.07) is 11.0. The number of amides is 3. The molecule has 3 heterocycles. The SMILES string of the molecule is CS(=O)(=O)O.Cc1ccc(-n2nc(C(C)(C)C)cc2NC(=O)Nc2cnc(OC3CCN(C(=O)C4CC4)CC3)c(Cl)c2)cc1. The van der Waals surface area contributed by atoms with Crippen molar-refractivity contribution in [3.63, 3.8) is 0 Å². The van der Waals surface area contributed by atoms with Crippen LogP contribution >= 0.6 is 11.6 Å². The summed E-state index contributed by atoms with van der Waals surface area (Å²) >= 11 is 6.45. The van der Waals surface area contributed by atoms with Crippen LogP contribution in [0.3, 0.4) is 0 Å². The zero-order chi connectivity index (χ0) is 32.2. The third kappa shape index (κ3) is 9.66. The molecule has 3 aromatic rings. The Labute approximate surface area is 262 Å². The lowest BCUT2D eigenvalue weighted by molar-refractivity contribution is -0.134. The smallest absolute Gasteiger partial charge is 0.324 e. The number of nitrogens with zero attached hydrogens (tertiary/aromatic N) is 4. The first kappa shape index (κ1) is 33.2. The minimum atomic E-state index is -3.67. The molecule has 0 radical (unpaired) electrons. The van der Waals surface area contributed by atoms with Crippen LogP contribution in [0.2, 0.25) is 5.02 Å². The maximum atomic E-state index is 12.9. The van der Waals surface area contributed by atoms with Crippen molar-refractivity contribution in [2.45, 2.75) is 64.9 Å². The van der Waals surface area contributed by atoms with Gasteiger partial charge in [0.2, 0.25) is 11.8 Å². The molecule has 1 saturated heterocycles. The molecule has 0 unspecified atom stereocenters. The molecule has 1 aliphatic heterocycles. The quantitative estimate of drug-likeness (QED) is 0.298. The summed E-state index contributed by atoms with van der Waals surface area (Å²) in [5.41, 5.74) is 3.08. The van der Waals surface area contributed by atoms with Gasteiger partial charge in [0.1, 0.15) is 16.9 Å². The topological polar surface area (TPSA) is 156 Å². The van der Waals surface area contributed by atoms with E-state index in [0.717, 1.165) is 42.6 Å². The van der Waals surface area contributed by atoms with E-state index in [1.807, 2.05) is 42.2 Å². The standard InChI is InChI=1S/C29H35ClN6O3.CH4O3S/c1-18-5-9-21(10-6-18)36-25(16-24(34-36)29(2,3)4)33-28(38)32-20-15-23(30)26(31-17-20)39-22-11-13-35(14-12-22)27(37)19-7-8-19;1-5(2,3)4/h5-6,9-10,15-17,19,22H,7-8,11-14H2,1-4H3,(H2,32,33,38);1H3,(H,2,3,4). The van der Waals surface area contributed by atoms with E-state index in [1.165, 1.54) is 6.20 Å². The minimum absolute atomic E-state index is 0.0561. The van der Waals surface area contributed by atoms with Crippen molar-refractivity contribution in [1.82, 2.24) is 19.7 Å². The second-order valence-corrected chi connectivity index (χ2v) is 14.0. The van der Waals surface area contributed by atoms with Gasteiger partial charge in [-0.3, -0.25) is 14.7 Å². The monoisotopic (exact) mass is 646 g/mol. The van der Waals surface area contributed by atoms with Crippen molar-refractivity contribution < 1.29 is 27.3 Å². The first-order valence-electron chi connectivity index (χ1n) is 14.4. The van der Waals surface area contributed by atoms with E-state index >= 15 is 0 Å². The zero-order valence-corrected chi connectivity index (χ0v) is 27.1. The van der Waals surface area contributed by atoms with E-state index in [2.05, 4.69) is 36.4 Å². The Balaban J connectivity index is 0.000000818. The van der Waals surface area contributed by atoms with E-state index in [1.54, 1.807) is 10.7 Å². The molecule has 2 aromatic heterocycles. The fraction of sp³-hybridized carbons (Fsp3) is 0.467. The van der Waals surface area contributed by atoms with Gasteiger partial charge in [-0.15, -0.1) is 0 Å². The van der Waals surface area contributed by atoms with E-state index in [0.29, 0.717) is 41.8 Å². The molecule has 0 bridgehead atoms. The number of aromatic nitrogens is 3. The highest BCUT2D eigenvalue weighted by atomic mass is 35.5. The summed E-state index contributed by atoms with van der Waals surface area (Å²) in [5.74, 6) is 1.38. The molecular weight excluding hydrogens is 608 g/mol. The number of likely N-dealkylation sites (tertiary alicyclic amines) is 1. The van der Waals surface area contributed by atoms with Crippen molar-refractivity contribution in [3.05, 3.63) is 58.9 Å². The summed E-state index contributed by atoms with van der Waals surface area (Å²) in [4.78, 5) is 31.5. The molecule has 2 fully saturated rings. The van der Waals surface area contributed by atoms with Crippen LogP contribution in [0.5, 0.6) is 5.88 Å². The van der Waals surface area contributed by atoms with Crippen LogP contribution in [-0.2, 0) is 20.3 Å². The number of benzene rings is 1. The van der Waals surface area contributed by atoms with E-state index in [-0.39, 0.29) is 23.3 Å². The molecular formula is C30H39ClN6O6S. The van der Waals surface area contributed by atoms with Gasteiger partial charge in [-0.1, -0.05) is 50.1 Å². The molecule has 3 amide bonds. The van der Waals surface area contributed by atoms with Gasteiger partial charge < -0.3 is 15.0 Å². The second kappa shape index (κ2) is 13.5. The van der Waals surface area contributed by atoms with Gasteiger partial charge in [0.05, 0.1) is 29.5 Å². The van der Waals surface area contributed by atoms with Crippen LogP contribution in [0.15, 0.2) is 42.6 Å². The molecule has 0 atom stereocenters. The van der Waals surface area contributed by atoms with Gasteiger partial charge in [0.15, 0.2) is 0 Å². The van der Waals surface area contributed by atoms with E-state index < -0.39 is 16.1 Å². The van der Waals surface area contributed by atoms with Crippen LogP contribution in [-0.4, -0.2) is 70.0 Å². The maximum absolute atomic E-state index is 12.9. The lowest BCUT2D eigenvalue weighted by Gasteiger charge is -2.32. The number of urea groups is 1. The molecule has 44 heavy (non-hydrogen) atoms. The van der Waals surface area contributed by atoms with Gasteiger partial charge >= 0.3 is 6.03 Å².